The lowest BCUT2D eigenvalue weighted by molar-refractivity contribution is 0.479. The number of hydrogen-bond donors (Lipinski definition) is 1. The van der Waals surface area contributed by atoms with E-state index >= 15 is 0 Å². The van der Waals surface area contributed by atoms with Crippen molar-refractivity contribution < 1.29 is 5.11 Å². The average Bonchev–Trinajstić information content (AvgIpc) is 2.23. The first-order valence-electron chi connectivity index (χ1n) is 4.54. The van der Waals surface area contributed by atoms with Crippen molar-refractivity contribution in [1.82, 2.24) is 0 Å². The average molecular weight is 181 g/mol. The SMILES string of the molecule is Oc1ccccc1[B]c1ccccc1. The highest BCUT2D eigenvalue weighted by molar-refractivity contribution is 6.68. The van der Waals surface area contributed by atoms with E-state index in [0.717, 1.165) is 10.9 Å². The predicted molar refractivity (Wildman–Crippen MR) is 59.6 cm³/mol. The zero-order chi connectivity index (χ0) is 9.80. The first-order chi connectivity index (χ1) is 6.86. The normalized spacial score (nSPS) is 9.71. The molecule has 2 aromatic carbocycles. The molecule has 0 saturated carbocycles. The Morgan fingerprint density at radius 1 is 0.786 bits per heavy atom. The molecule has 0 aromatic heterocycles. The zero-order valence-electron chi connectivity index (χ0n) is 7.72. The maximum Gasteiger partial charge on any atom is 0.196 e. The van der Waals surface area contributed by atoms with Crippen molar-refractivity contribution in [2.24, 2.45) is 0 Å². The summed E-state index contributed by atoms with van der Waals surface area (Å²) in [4.78, 5) is 0. The fourth-order valence-corrected chi connectivity index (χ4v) is 1.34. The minimum absolute atomic E-state index is 0.316. The fraction of sp³-hybridized carbons (Fsp3) is 0. The van der Waals surface area contributed by atoms with E-state index in [1.165, 1.54) is 0 Å². The van der Waals surface area contributed by atoms with Crippen molar-refractivity contribution in [2.75, 3.05) is 0 Å². The van der Waals surface area contributed by atoms with Crippen LogP contribution < -0.4 is 10.9 Å². The van der Waals surface area contributed by atoms with Crippen molar-refractivity contribution in [2.45, 2.75) is 0 Å². The van der Waals surface area contributed by atoms with Gasteiger partial charge in [-0.1, -0.05) is 54.0 Å². The van der Waals surface area contributed by atoms with E-state index in [0.29, 0.717) is 5.75 Å². The number of phenols is 1. The standard InChI is InChI=1S/C12H10BO/c14-12-9-5-4-8-11(12)13-10-6-2-1-3-7-10/h1-9,14H. The van der Waals surface area contributed by atoms with Gasteiger partial charge in [0.15, 0.2) is 7.28 Å². The number of hydrogen-bond acceptors (Lipinski definition) is 1. The van der Waals surface area contributed by atoms with E-state index in [-0.39, 0.29) is 0 Å². The number of para-hydroxylation sites is 1. The van der Waals surface area contributed by atoms with Crippen LogP contribution in [0.3, 0.4) is 0 Å². The van der Waals surface area contributed by atoms with Gasteiger partial charge >= 0.3 is 0 Å². The third kappa shape index (κ3) is 1.97. The van der Waals surface area contributed by atoms with Crippen LogP contribution in [-0.2, 0) is 0 Å². The Kier molecular flexibility index (Phi) is 2.54. The Labute approximate surface area is 84.3 Å². The lowest BCUT2D eigenvalue weighted by Crippen LogP contribution is -2.26. The molecule has 0 aliphatic carbocycles. The van der Waals surface area contributed by atoms with Crippen LogP contribution in [0.15, 0.2) is 54.6 Å². The van der Waals surface area contributed by atoms with Crippen molar-refractivity contribution in [3.63, 3.8) is 0 Å². The first-order valence-corrected chi connectivity index (χ1v) is 4.54. The van der Waals surface area contributed by atoms with Gasteiger partial charge in [-0.3, -0.25) is 0 Å². The summed E-state index contributed by atoms with van der Waals surface area (Å²) in [5.74, 6) is 0.316. The highest BCUT2D eigenvalue weighted by Crippen LogP contribution is 2.01. The van der Waals surface area contributed by atoms with E-state index in [2.05, 4.69) is 0 Å². The van der Waals surface area contributed by atoms with Gasteiger partial charge in [0.25, 0.3) is 0 Å². The number of benzene rings is 2. The van der Waals surface area contributed by atoms with E-state index in [1.807, 2.05) is 55.8 Å². The monoisotopic (exact) mass is 181 g/mol. The molecular formula is C12H10BO. The van der Waals surface area contributed by atoms with Gasteiger partial charge in [0.2, 0.25) is 0 Å². The molecule has 0 bridgehead atoms. The lowest BCUT2D eigenvalue weighted by atomic mass is 9.64. The summed E-state index contributed by atoms with van der Waals surface area (Å²) in [7, 11) is 1.95. The third-order valence-corrected chi connectivity index (χ3v) is 2.06. The first kappa shape index (κ1) is 8.88. The molecule has 14 heavy (non-hydrogen) atoms. The van der Waals surface area contributed by atoms with Crippen LogP contribution in [0.5, 0.6) is 5.75 Å². The maximum absolute atomic E-state index is 9.54. The largest absolute Gasteiger partial charge is 0.509 e. The molecule has 1 radical (unpaired) electrons. The second kappa shape index (κ2) is 4.01. The molecule has 67 valence electrons. The summed E-state index contributed by atoms with van der Waals surface area (Å²) in [6.07, 6.45) is 0. The molecule has 2 rings (SSSR count). The van der Waals surface area contributed by atoms with Gasteiger partial charge in [-0.15, -0.1) is 0 Å². The van der Waals surface area contributed by atoms with Crippen molar-refractivity contribution in [1.29, 1.82) is 0 Å². The van der Waals surface area contributed by atoms with Gasteiger partial charge in [-0.2, -0.15) is 0 Å². The van der Waals surface area contributed by atoms with Crippen molar-refractivity contribution in [3.8, 4) is 5.75 Å². The molecule has 0 spiro atoms. The second-order valence-corrected chi connectivity index (χ2v) is 3.11. The van der Waals surface area contributed by atoms with Crippen LogP contribution in [-0.4, -0.2) is 12.4 Å². The molecule has 0 saturated heterocycles. The summed E-state index contributed by atoms with van der Waals surface area (Å²) < 4.78 is 0. The molecule has 2 heteroatoms. The Balaban J connectivity index is 2.24. The molecule has 0 amide bonds. The number of aromatic hydroxyl groups is 1. The van der Waals surface area contributed by atoms with E-state index in [9.17, 15) is 5.11 Å². The molecule has 0 aliphatic heterocycles. The third-order valence-electron chi connectivity index (χ3n) is 2.06. The summed E-state index contributed by atoms with van der Waals surface area (Å²) >= 11 is 0. The van der Waals surface area contributed by atoms with Crippen molar-refractivity contribution >= 4 is 18.2 Å². The second-order valence-electron chi connectivity index (χ2n) is 3.11. The quantitative estimate of drug-likeness (QED) is 0.686. The topological polar surface area (TPSA) is 20.2 Å². The predicted octanol–water partition coefficient (Wildman–Crippen LogP) is 1.05. The Bertz CT molecular complexity index is 412. The van der Waals surface area contributed by atoms with Crippen LogP contribution in [0.25, 0.3) is 0 Å². The highest BCUT2D eigenvalue weighted by Gasteiger charge is 2.01. The highest BCUT2D eigenvalue weighted by atomic mass is 16.3. The lowest BCUT2D eigenvalue weighted by Gasteiger charge is -2.02. The van der Waals surface area contributed by atoms with Crippen molar-refractivity contribution in [3.05, 3.63) is 54.6 Å². The van der Waals surface area contributed by atoms with Crippen LogP contribution >= 0.6 is 0 Å². The summed E-state index contributed by atoms with van der Waals surface area (Å²) in [6.45, 7) is 0. The number of rotatable bonds is 2. The van der Waals surface area contributed by atoms with E-state index in [1.54, 1.807) is 6.07 Å². The Morgan fingerprint density at radius 3 is 2.14 bits per heavy atom. The molecule has 2 aromatic rings. The van der Waals surface area contributed by atoms with Gasteiger partial charge < -0.3 is 5.11 Å². The van der Waals surface area contributed by atoms with Crippen LogP contribution in [0, 0.1) is 0 Å². The van der Waals surface area contributed by atoms with Crippen LogP contribution in [0.2, 0.25) is 0 Å². The summed E-state index contributed by atoms with van der Waals surface area (Å²) in [5, 5.41) is 9.54. The Hall–Kier alpha value is -1.70. The van der Waals surface area contributed by atoms with E-state index in [4.69, 9.17) is 0 Å². The van der Waals surface area contributed by atoms with Gasteiger partial charge in [0, 0.05) is 0 Å². The maximum atomic E-state index is 9.54. The molecule has 0 atom stereocenters. The van der Waals surface area contributed by atoms with Crippen LogP contribution in [0.1, 0.15) is 0 Å². The molecule has 1 nitrogen and oxygen atoms in total. The minimum atomic E-state index is 0.316. The summed E-state index contributed by atoms with van der Waals surface area (Å²) in [5.41, 5.74) is 1.94. The molecule has 1 N–H and O–H groups in total. The Morgan fingerprint density at radius 2 is 1.43 bits per heavy atom. The number of phenolic OH excluding ortho intramolecular Hbond substituents is 1. The van der Waals surface area contributed by atoms with E-state index < -0.39 is 0 Å². The molecule has 0 aliphatic rings. The zero-order valence-corrected chi connectivity index (χ0v) is 7.72. The molecule has 0 fully saturated rings. The van der Waals surface area contributed by atoms with Gasteiger partial charge in [-0.05, 0) is 11.5 Å². The van der Waals surface area contributed by atoms with Gasteiger partial charge in [0.05, 0.1) is 0 Å². The molecule has 0 heterocycles. The fourth-order valence-electron chi connectivity index (χ4n) is 1.34. The van der Waals surface area contributed by atoms with Crippen LogP contribution in [0.4, 0.5) is 0 Å². The van der Waals surface area contributed by atoms with Gasteiger partial charge in [0.1, 0.15) is 5.75 Å². The summed E-state index contributed by atoms with van der Waals surface area (Å²) in [6, 6.07) is 17.3. The molecular weight excluding hydrogens is 171 g/mol. The smallest absolute Gasteiger partial charge is 0.196 e. The minimum Gasteiger partial charge on any atom is -0.509 e. The molecule has 0 unspecified atom stereocenters. The van der Waals surface area contributed by atoms with Gasteiger partial charge in [-0.25, -0.2) is 0 Å².